The Kier molecular flexibility index (Phi) is 5.58. The summed E-state index contributed by atoms with van der Waals surface area (Å²) in [6.07, 6.45) is 6.00. The quantitative estimate of drug-likeness (QED) is 0.777. The predicted octanol–water partition coefficient (Wildman–Crippen LogP) is 4.72. The molecule has 1 saturated carbocycles. The molecule has 1 nitrogen and oxygen atoms in total. The van der Waals surface area contributed by atoms with Crippen LogP contribution in [-0.2, 0) is 10.5 Å². The van der Waals surface area contributed by atoms with Crippen LogP contribution in [0.5, 0.6) is 0 Å². The largest absolute Gasteiger partial charge is 0.298 e. The Labute approximate surface area is 118 Å². The topological polar surface area (TPSA) is 17.1 Å². The number of carbonyl (C=O) groups is 1. The van der Waals surface area contributed by atoms with Gasteiger partial charge in [-0.05, 0) is 30.5 Å². The van der Waals surface area contributed by atoms with Crippen LogP contribution in [0.4, 0.5) is 0 Å². The zero-order chi connectivity index (χ0) is 12.8. The van der Waals surface area contributed by atoms with Gasteiger partial charge in [0.1, 0.15) is 5.78 Å². The second kappa shape index (κ2) is 7.20. The molecule has 0 aromatic heterocycles. The highest BCUT2D eigenvalue weighted by Gasteiger charge is 2.20. The summed E-state index contributed by atoms with van der Waals surface area (Å²) in [6.45, 7) is 0. The van der Waals surface area contributed by atoms with Gasteiger partial charge in [0.25, 0.3) is 0 Å². The summed E-state index contributed by atoms with van der Waals surface area (Å²) in [5.41, 5.74) is 1.24. The highest BCUT2D eigenvalue weighted by molar-refractivity contribution is 7.99. The van der Waals surface area contributed by atoms with Gasteiger partial charge in [0.05, 0.1) is 5.75 Å². The number of hydrogen-bond acceptors (Lipinski definition) is 2. The molecule has 0 aliphatic heterocycles. The first-order chi connectivity index (χ1) is 8.75. The molecule has 0 amide bonds. The highest BCUT2D eigenvalue weighted by Crippen LogP contribution is 2.26. The number of carbonyl (C=O) groups excluding carboxylic acids is 1. The molecule has 1 aliphatic carbocycles. The smallest absolute Gasteiger partial charge is 0.145 e. The Balaban J connectivity index is 1.71. The molecule has 18 heavy (non-hydrogen) atoms. The van der Waals surface area contributed by atoms with Crippen LogP contribution in [0.2, 0.25) is 5.02 Å². The molecule has 0 saturated heterocycles. The van der Waals surface area contributed by atoms with E-state index in [1.807, 2.05) is 24.3 Å². The maximum atomic E-state index is 12.0. The molecule has 1 fully saturated rings. The van der Waals surface area contributed by atoms with Crippen molar-refractivity contribution in [1.82, 2.24) is 0 Å². The van der Waals surface area contributed by atoms with E-state index in [0.29, 0.717) is 17.5 Å². The van der Waals surface area contributed by atoms with Gasteiger partial charge in [0, 0.05) is 16.7 Å². The Morgan fingerprint density at radius 3 is 2.50 bits per heavy atom. The third kappa shape index (κ3) is 4.33. The van der Waals surface area contributed by atoms with Crippen molar-refractivity contribution in [2.45, 2.75) is 37.9 Å². The lowest BCUT2D eigenvalue weighted by atomic mass is 9.87. The molecule has 1 aromatic carbocycles. The number of benzene rings is 1. The maximum Gasteiger partial charge on any atom is 0.145 e. The SMILES string of the molecule is O=C(CSCc1ccc(Cl)cc1)C1CCCCC1. The Morgan fingerprint density at radius 2 is 1.83 bits per heavy atom. The molecule has 98 valence electrons. The van der Waals surface area contributed by atoms with Gasteiger partial charge in [0.15, 0.2) is 0 Å². The Hall–Kier alpha value is -0.470. The van der Waals surface area contributed by atoms with Crippen LogP contribution in [-0.4, -0.2) is 11.5 Å². The summed E-state index contributed by atoms with van der Waals surface area (Å²) < 4.78 is 0. The van der Waals surface area contributed by atoms with Crippen molar-refractivity contribution in [2.24, 2.45) is 5.92 Å². The maximum absolute atomic E-state index is 12.0. The molecule has 0 unspecified atom stereocenters. The van der Waals surface area contributed by atoms with Gasteiger partial charge in [0.2, 0.25) is 0 Å². The number of Topliss-reactive ketones (excluding diaryl/α,β-unsaturated/α-hetero) is 1. The van der Waals surface area contributed by atoms with E-state index in [1.165, 1.54) is 24.8 Å². The van der Waals surface area contributed by atoms with Gasteiger partial charge in [-0.15, -0.1) is 11.8 Å². The molecule has 2 rings (SSSR count). The number of hydrogen-bond donors (Lipinski definition) is 0. The molecule has 0 spiro atoms. The zero-order valence-electron chi connectivity index (χ0n) is 10.5. The first-order valence-corrected chi connectivity index (χ1v) is 8.14. The standard InChI is InChI=1S/C15H19ClOS/c16-14-8-6-12(7-9-14)10-18-11-15(17)13-4-2-1-3-5-13/h6-9,13H,1-5,10-11H2. The van der Waals surface area contributed by atoms with Gasteiger partial charge in [-0.1, -0.05) is 43.0 Å². The van der Waals surface area contributed by atoms with E-state index in [9.17, 15) is 4.79 Å². The van der Waals surface area contributed by atoms with Crippen molar-refractivity contribution < 1.29 is 4.79 Å². The van der Waals surface area contributed by atoms with E-state index >= 15 is 0 Å². The fourth-order valence-electron chi connectivity index (χ4n) is 2.39. The monoisotopic (exact) mass is 282 g/mol. The van der Waals surface area contributed by atoms with Crippen LogP contribution >= 0.6 is 23.4 Å². The minimum Gasteiger partial charge on any atom is -0.298 e. The minimum absolute atomic E-state index is 0.344. The van der Waals surface area contributed by atoms with Gasteiger partial charge in [-0.2, -0.15) is 0 Å². The van der Waals surface area contributed by atoms with E-state index in [1.54, 1.807) is 11.8 Å². The lowest BCUT2D eigenvalue weighted by molar-refractivity contribution is -0.121. The van der Waals surface area contributed by atoms with Gasteiger partial charge >= 0.3 is 0 Å². The van der Waals surface area contributed by atoms with Gasteiger partial charge < -0.3 is 0 Å². The van der Waals surface area contributed by atoms with Crippen LogP contribution in [0.25, 0.3) is 0 Å². The van der Waals surface area contributed by atoms with Gasteiger partial charge in [-0.3, -0.25) is 4.79 Å². The summed E-state index contributed by atoms with van der Waals surface area (Å²) in [5.74, 6) is 2.35. The molecule has 1 aromatic rings. The summed E-state index contributed by atoms with van der Waals surface area (Å²) in [4.78, 5) is 12.0. The van der Waals surface area contributed by atoms with Crippen molar-refractivity contribution in [3.63, 3.8) is 0 Å². The second-order valence-corrected chi connectivity index (χ2v) is 6.34. The molecular formula is C15H19ClOS. The third-order valence-electron chi connectivity index (χ3n) is 3.49. The molecule has 3 heteroatoms. The van der Waals surface area contributed by atoms with Crippen LogP contribution in [0.15, 0.2) is 24.3 Å². The average molecular weight is 283 g/mol. The van der Waals surface area contributed by atoms with Crippen molar-refractivity contribution in [3.8, 4) is 0 Å². The number of halogens is 1. The van der Waals surface area contributed by atoms with Crippen LogP contribution in [0.1, 0.15) is 37.7 Å². The lowest BCUT2D eigenvalue weighted by Gasteiger charge is -2.19. The second-order valence-electron chi connectivity index (χ2n) is 4.92. The average Bonchev–Trinajstić information content (AvgIpc) is 2.42. The Bertz CT molecular complexity index is 382. The molecule has 0 radical (unpaired) electrons. The van der Waals surface area contributed by atoms with Crippen LogP contribution < -0.4 is 0 Å². The summed E-state index contributed by atoms with van der Waals surface area (Å²) in [7, 11) is 0. The molecule has 0 bridgehead atoms. The normalized spacial score (nSPS) is 16.7. The molecule has 0 heterocycles. The van der Waals surface area contributed by atoms with Crippen molar-refractivity contribution >= 4 is 29.1 Å². The Morgan fingerprint density at radius 1 is 1.17 bits per heavy atom. The minimum atomic E-state index is 0.344. The van der Waals surface area contributed by atoms with Crippen LogP contribution in [0.3, 0.4) is 0 Å². The van der Waals surface area contributed by atoms with Crippen molar-refractivity contribution in [1.29, 1.82) is 0 Å². The zero-order valence-corrected chi connectivity index (χ0v) is 12.1. The number of thioether (sulfide) groups is 1. The highest BCUT2D eigenvalue weighted by atomic mass is 35.5. The fourth-order valence-corrected chi connectivity index (χ4v) is 3.49. The predicted molar refractivity (Wildman–Crippen MR) is 79.2 cm³/mol. The number of rotatable bonds is 5. The van der Waals surface area contributed by atoms with Crippen molar-refractivity contribution in [2.75, 3.05) is 5.75 Å². The molecule has 1 aliphatic rings. The van der Waals surface area contributed by atoms with Crippen molar-refractivity contribution in [3.05, 3.63) is 34.9 Å². The summed E-state index contributed by atoms with van der Waals surface area (Å²) >= 11 is 7.56. The van der Waals surface area contributed by atoms with Gasteiger partial charge in [-0.25, -0.2) is 0 Å². The van der Waals surface area contributed by atoms with E-state index in [-0.39, 0.29) is 0 Å². The summed E-state index contributed by atoms with van der Waals surface area (Å²) in [6, 6.07) is 7.86. The molecule has 0 N–H and O–H groups in total. The number of ketones is 1. The lowest BCUT2D eigenvalue weighted by Crippen LogP contribution is -2.19. The van der Waals surface area contributed by atoms with E-state index in [4.69, 9.17) is 11.6 Å². The fraction of sp³-hybridized carbons (Fsp3) is 0.533. The van der Waals surface area contributed by atoms with Crippen LogP contribution in [0, 0.1) is 5.92 Å². The third-order valence-corrected chi connectivity index (χ3v) is 4.76. The van der Waals surface area contributed by atoms with E-state index in [0.717, 1.165) is 23.6 Å². The van der Waals surface area contributed by atoms with E-state index in [2.05, 4.69) is 0 Å². The summed E-state index contributed by atoms with van der Waals surface area (Å²) in [5, 5.41) is 0.766. The first-order valence-electron chi connectivity index (χ1n) is 6.60. The first kappa shape index (κ1) is 14.0. The molecular weight excluding hydrogens is 264 g/mol. The van der Waals surface area contributed by atoms with E-state index < -0.39 is 0 Å². The molecule has 0 atom stereocenters.